The average molecular weight is 457 g/mol. The van der Waals surface area contributed by atoms with Crippen LogP contribution in [0.4, 0.5) is 5.69 Å². The van der Waals surface area contributed by atoms with Crippen molar-refractivity contribution < 1.29 is 17.9 Å². The summed E-state index contributed by atoms with van der Waals surface area (Å²) in [6.45, 7) is -0.240. The van der Waals surface area contributed by atoms with E-state index < -0.39 is 10.0 Å². The van der Waals surface area contributed by atoms with Crippen molar-refractivity contribution >= 4 is 44.8 Å². The number of carbonyl (C=O) groups excluding carboxylic acids is 1. The summed E-state index contributed by atoms with van der Waals surface area (Å²) >= 11 is 11.8. The van der Waals surface area contributed by atoms with Gasteiger partial charge in [-0.2, -0.15) is 0 Å². The molecule has 1 saturated carbocycles. The van der Waals surface area contributed by atoms with Crippen LogP contribution in [0.1, 0.15) is 32.1 Å². The van der Waals surface area contributed by atoms with Crippen LogP contribution in [-0.4, -0.2) is 27.0 Å². The van der Waals surface area contributed by atoms with Crippen molar-refractivity contribution in [3.63, 3.8) is 0 Å². The number of hydrogen-bond acceptors (Lipinski definition) is 4. The molecule has 0 bridgehead atoms. The first-order chi connectivity index (χ1) is 13.8. The molecule has 9 heteroatoms. The van der Waals surface area contributed by atoms with Gasteiger partial charge in [-0.05, 0) is 55.3 Å². The van der Waals surface area contributed by atoms with Crippen molar-refractivity contribution in [3.8, 4) is 5.75 Å². The molecule has 0 aliphatic heterocycles. The van der Waals surface area contributed by atoms with Crippen molar-refractivity contribution in [1.82, 2.24) is 4.72 Å². The number of sulfonamides is 1. The zero-order chi connectivity index (χ0) is 20.9. The van der Waals surface area contributed by atoms with Crippen LogP contribution in [0.5, 0.6) is 5.75 Å². The van der Waals surface area contributed by atoms with Crippen LogP contribution >= 0.6 is 23.2 Å². The van der Waals surface area contributed by atoms with Crippen LogP contribution in [0.25, 0.3) is 0 Å². The zero-order valence-electron chi connectivity index (χ0n) is 15.7. The number of anilines is 1. The lowest BCUT2D eigenvalue weighted by Gasteiger charge is -2.22. The summed E-state index contributed by atoms with van der Waals surface area (Å²) in [5.74, 6) is -0.000102. The van der Waals surface area contributed by atoms with Gasteiger partial charge in [0.1, 0.15) is 5.75 Å². The largest absolute Gasteiger partial charge is 0.484 e. The molecule has 6 nitrogen and oxygen atoms in total. The Morgan fingerprint density at radius 2 is 1.62 bits per heavy atom. The fraction of sp³-hybridized carbons (Fsp3) is 0.350. The summed E-state index contributed by atoms with van der Waals surface area (Å²) in [6.07, 6.45) is 4.98. The molecule has 29 heavy (non-hydrogen) atoms. The Balaban J connectivity index is 1.53. The third kappa shape index (κ3) is 6.60. The Hall–Kier alpha value is -1.80. The smallest absolute Gasteiger partial charge is 0.262 e. The highest BCUT2D eigenvalue weighted by atomic mass is 35.5. The predicted molar refractivity (Wildman–Crippen MR) is 114 cm³/mol. The van der Waals surface area contributed by atoms with Gasteiger partial charge in [-0.15, -0.1) is 0 Å². The summed E-state index contributed by atoms with van der Waals surface area (Å²) in [5, 5.41) is 3.46. The van der Waals surface area contributed by atoms with E-state index in [1.807, 2.05) is 0 Å². The summed E-state index contributed by atoms with van der Waals surface area (Å²) in [4.78, 5) is 12.2. The molecule has 0 heterocycles. The molecular weight excluding hydrogens is 435 g/mol. The molecular formula is C20H22Cl2N2O4S. The minimum absolute atomic E-state index is 0.00614. The maximum atomic E-state index is 12.5. The topological polar surface area (TPSA) is 84.5 Å². The maximum Gasteiger partial charge on any atom is 0.262 e. The van der Waals surface area contributed by atoms with Crippen LogP contribution in [0.3, 0.4) is 0 Å². The van der Waals surface area contributed by atoms with Gasteiger partial charge in [-0.1, -0.05) is 42.5 Å². The van der Waals surface area contributed by atoms with Crippen LogP contribution in [-0.2, 0) is 14.8 Å². The highest BCUT2D eigenvalue weighted by Crippen LogP contribution is 2.23. The van der Waals surface area contributed by atoms with E-state index in [9.17, 15) is 13.2 Å². The monoisotopic (exact) mass is 456 g/mol. The van der Waals surface area contributed by atoms with Gasteiger partial charge < -0.3 is 10.1 Å². The summed E-state index contributed by atoms with van der Waals surface area (Å²) in [7, 11) is -3.57. The fourth-order valence-corrected chi connectivity index (χ4v) is 5.03. The Morgan fingerprint density at radius 3 is 2.24 bits per heavy atom. The van der Waals surface area contributed by atoms with Crippen LogP contribution in [0.15, 0.2) is 47.4 Å². The Labute approximate surface area is 180 Å². The standard InChI is InChI=1S/C20H22Cl2N2O4S/c21-14-10-15(22)12-17(11-14)23-20(25)13-28-18-6-8-19(9-7-18)29(26,27)24-16-4-2-1-3-5-16/h6-12,16,24H,1-5,13H2,(H,23,25). The predicted octanol–water partition coefficient (Wildman–Crippen LogP) is 4.62. The Morgan fingerprint density at radius 1 is 1.00 bits per heavy atom. The minimum Gasteiger partial charge on any atom is -0.484 e. The number of carbonyl (C=O) groups is 1. The number of halogens is 2. The van der Waals surface area contributed by atoms with Gasteiger partial charge in [-0.3, -0.25) is 4.79 Å². The molecule has 2 N–H and O–H groups in total. The van der Waals surface area contributed by atoms with E-state index in [0.29, 0.717) is 21.5 Å². The SMILES string of the molecule is O=C(COc1ccc(S(=O)(=O)NC2CCCCC2)cc1)Nc1cc(Cl)cc(Cl)c1. The van der Waals surface area contributed by atoms with Gasteiger partial charge in [0.25, 0.3) is 5.91 Å². The van der Waals surface area contributed by atoms with E-state index in [-0.39, 0.29) is 23.5 Å². The van der Waals surface area contributed by atoms with Crippen molar-refractivity contribution in [2.45, 2.75) is 43.0 Å². The van der Waals surface area contributed by atoms with Crippen LogP contribution in [0.2, 0.25) is 10.0 Å². The highest BCUT2D eigenvalue weighted by molar-refractivity contribution is 7.89. The molecule has 0 atom stereocenters. The Bertz CT molecular complexity index is 939. The lowest BCUT2D eigenvalue weighted by Crippen LogP contribution is -2.36. The van der Waals surface area contributed by atoms with Crippen molar-refractivity contribution in [2.75, 3.05) is 11.9 Å². The normalized spacial score (nSPS) is 15.1. The van der Waals surface area contributed by atoms with Gasteiger partial charge in [-0.25, -0.2) is 13.1 Å². The third-order valence-electron chi connectivity index (χ3n) is 4.58. The summed E-state index contributed by atoms with van der Waals surface area (Å²) < 4.78 is 33.2. The summed E-state index contributed by atoms with van der Waals surface area (Å²) in [5.41, 5.74) is 0.464. The van der Waals surface area contributed by atoms with Crippen molar-refractivity contribution in [2.24, 2.45) is 0 Å². The molecule has 2 aromatic carbocycles. The molecule has 2 aromatic rings. The first kappa shape index (κ1) is 21.9. The highest BCUT2D eigenvalue weighted by Gasteiger charge is 2.21. The number of hydrogen-bond donors (Lipinski definition) is 2. The second kappa shape index (κ2) is 9.80. The fourth-order valence-electron chi connectivity index (χ4n) is 3.19. The second-order valence-corrected chi connectivity index (χ2v) is 9.51. The first-order valence-corrected chi connectivity index (χ1v) is 11.6. The average Bonchev–Trinajstić information content (AvgIpc) is 2.66. The number of nitrogens with one attached hydrogen (secondary N) is 2. The second-order valence-electron chi connectivity index (χ2n) is 6.92. The van der Waals surface area contributed by atoms with E-state index in [0.717, 1.165) is 32.1 Å². The third-order valence-corrected chi connectivity index (χ3v) is 6.55. The lowest BCUT2D eigenvalue weighted by atomic mass is 9.96. The number of rotatable bonds is 7. The van der Waals surface area contributed by atoms with E-state index >= 15 is 0 Å². The van der Waals surface area contributed by atoms with Crippen LogP contribution in [0, 0.1) is 0 Å². The molecule has 1 amide bonds. The Kier molecular flexibility index (Phi) is 7.40. The minimum atomic E-state index is -3.57. The summed E-state index contributed by atoms with van der Waals surface area (Å²) in [6, 6.07) is 10.7. The molecule has 1 fully saturated rings. The van der Waals surface area contributed by atoms with E-state index in [2.05, 4.69) is 10.0 Å². The number of ether oxygens (including phenoxy) is 1. The molecule has 156 valence electrons. The van der Waals surface area contributed by atoms with Crippen molar-refractivity contribution in [3.05, 3.63) is 52.5 Å². The van der Waals surface area contributed by atoms with E-state index in [1.54, 1.807) is 18.2 Å². The van der Waals surface area contributed by atoms with Gasteiger partial charge in [0, 0.05) is 21.8 Å². The zero-order valence-corrected chi connectivity index (χ0v) is 18.0. The van der Waals surface area contributed by atoms with Gasteiger partial charge in [0.05, 0.1) is 4.90 Å². The number of amides is 1. The molecule has 0 radical (unpaired) electrons. The molecule has 0 spiro atoms. The molecule has 3 rings (SSSR count). The quantitative estimate of drug-likeness (QED) is 0.636. The van der Waals surface area contributed by atoms with Gasteiger partial charge in [0.15, 0.2) is 6.61 Å². The van der Waals surface area contributed by atoms with Crippen molar-refractivity contribution in [1.29, 1.82) is 0 Å². The lowest BCUT2D eigenvalue weighted by molar-refractivity contribution is -0.118. The van der Waals surface area contributed by atoms with Gasteiger partial charge >= 0.3 is 0 Å². The van der Waals surface area contributed by atoms with Gasteiger partial charge in [0.2, 0.25) is 10.0 Å². The van der Waals surface area contributed by atoms with Crippen LogP contribution < -0.4 is 14.8 Å². The van der Waals surface area contributed by atoms with E-state index in [4.69, 9.17) is 27.9 Å². The first-order valence-electron chi connectivity index (χ1n) is 9.33. The number of benzene rings is 2. The molecule has 0 unspecified atom stereocenters. The molecule has 1 aliphatic rings. The molecule has 0 saturated heterocycles. The van der Waals surface area contributed by atoms with E-state index in [1.165, 1.54) is 24.3 Å². The molecule has 1 aliphatic carbocycles. The maximum absolute atomic E-state index is 12.5. The molecule has 0 aromatic heterocycles.